The Labute approximate surface area is 130 Å². The first-order valence-corrected chi connectivity index (χ1v) is 7.71. The monoisotopic (exact) mass is 320 g/mol. The van der Waals surface area contributed by atoms with Gasteiger partial charge in [0.25, 0.3) is 0 Å². The lowest BCUT2D eigenvalue weighted by Gasteiger charge is -1.99. The van der Waals surface area contributed by atoms with E-state index in [1.165, 1.54) is 0 Å². The van der Waals surface area contributed by atoms with E-state index in [0.29, 0.717) is 18.0 Å². The Kier molecular flexibility index (Phi) is 4.28. The summed E-state index contributed by atoms with van der Waals surface area (Å²) in [5, 5.41) is 20.5. The molecule has 108 valence electrons. The van der Waals surface area contributed by atoms with Crippen LogP contribution < -0.4 is 0 Å². The molecule has 0 bridgehead atoms. The topological polar surface area (TPSA) is 63.8 Å². The molecule has 1 aromatic carbocycles. The van der Waals surface area contributed by atoms with Gasteiger partial charge in [-0.1, -0.05) is 35.0 Å². The molecule has 0 fully saturated rings. The highest BCUT2D eigenvalue weighted by Gasteiger charge is 2.09. The molecule has 0 amide bonds. The van der Waals surface area contributed by atoms with Crippen molar-refractivity contribution in [2.45, 2.75) is 13.0 Å². The number of aromatic nitrogens is 4. The van der Waals surface area contributed by atoms with Crippen LogP contribution in [0.5, 0.6) is 0 Å². The summed E-state index contributed by atoms with van der Waals surface area (Å²) in [6.45, 7) is 0.630. The zero-order valence-electron chi connectivity index (χ0n) is 11.1. The number of benzene rings is 1. The average Bonchev–Trinajstić information content (AvgIpc) is 3.10. The molecular formula is C14H13ClN4OS. The Bertz CT molecular complexity index is 740. The minimum atomic E-state index is 0.0754. The van der Waals surface area contributed by atoms with Gasteiger partial charge in [-0.15, -0.1) is 16.4 Å². The van der Waals surface area contributed by atoms with Crippen molar-refractivity contribution in [2.24, 2.45) is 0 Å². The molecule has 0 aliphatic carbocycles. The van der Waals surface area contributed by atoms with Crippen molar-refractivity contribution in [3.05, 3.63) is 52.3 Å². The summed E-state index contributed by atoms with van der Waals surface area (Å²) < 4.78 is 1.72. The second-order valence-electron chi connectivity index (χ2n) is 4.50. The molecule has 2 aromatic heterocycles. The van der Waals surface area contributed by atoms with E-state index < -0.39 is 0 Å². The van der Waals surface area contributed by atoms with Gasteiger partial charge in [-0.05, 0) is 6.07 Å². The van der Waals surface area contributed by atoms with Crippen LogP contribution in [0.3, 0.4) is 0 Å². The first-order valence-electron chi connectivity index (χ1n) is 6.45. The summed E-state index contributed by atoms with van der Waals surface area (Å²) in [6, 6.07) is 7.66. The SMILES string of the molecule is OCCc1cn(Cc2csc(-c3ccccc3Cl)n2)nn1. The van der Waals surface area contributed by atoms with Gasteiger partial charge in [0.15, 0.2) is 0 Å². The zero-order valence-corrected chi connectivity index (χ0v) is 12.7. The Hall–Kier alpha value is -1.76. The molecule has 5 nitrogen and oxygen atoms in total. The third-order valence-corrected chi connectivity index (χ3v) is 4.19. The van der Waals surface area contributed by atoms with E-state index in [9.17, 15) is 0 Å². The highest BCUT2D eigenvalue weighted by molar-refractivity contribution is 7.13. The highest BCUT2D eigenvalue weighted by Crippen LogP contribution is 2.30. The molecule has 0 spiro atoms. The van der Waals surface area contributed by atoms with Crippen molar-refractivity contribution in [2.75, 3.05) is 6.61 Å². The zero-order chi connectivity index (χ0) is 14.7. The predicted molar refractivity (Wildman–Crippen MR) is 82.5 cm³/mol. The molecule has 3 rings (SSSR count). The highest BCUT2D eigenvalue weighted by atomic mass is 35.5. The lowest BCUT2D eigenvalue weighted by Crippen LogP contribution is -2.00. The molecule has 0 saturated carbocycles. The first-order chi connectivity index (χ1) is 10.3. The molecule has 0 aliphatic heterocycles. The van der Waals surface area contributed by atoms with E-state index in [2.05, 4.69) is 15.3 Å². The number of nitrogens with zero attached hydrogens (tertiary/aromatic N) is 4. The van der Waals surface area contributed by atoms with Crippen LogP contribution in [0.2, 0.25) is 5.02 Å². The predicted octanol–water partition coefficient (Wildman–Crippen LogP) is 2.64. The molecule has 7 heteroatoms. The molecule has 0 unspecified atom stereocenters. The van der Waals surface area contributed by atoms with Crippen molar-refractivity contribution >= 4 is 22.9 Å². The van der Waals surface area contributed by atoms with Gasteiger partial charge in [-0.2, -0.15) is 0 Å². The van der Waals surface area contributed by atoms with Gasteiger partial charge in [0, 0.05) is 30.2 Å². The van der Waals surface area contributed by atoms with E-state index in [0.717, 1.165) is 22.0 Å². The lowest BCUT2D eigenvalue weighted by atomic mass is 10.2. The third kappa shape index (κ3) is 3.29. The minimum Gasteiger partial charge on any atom is -0.396 e. The third-order valence-electron chi connectivity index (χ3n) is 2.93. The van der Waals surface area contributed by atoms with Crippen molar-refractivity contribution in [1.82, 2.24) is 20.0 Å². The number of halogens is 1. The summed E-state index contributed by atoms with van der Waals surface area (Å²) in [5.74, 6) is 0. The number of aliphatic hydroxyl groups excluding tert-OH is 1. The number of aliphatic hydroxyl groups is 1. The molecular weight excluding hydrogens is 308 g/mol. The maximum Gasteiger partial charge on any atom is 0.125 e. The maximum absolute atomic E-state index is 8.87. The van der Waals surface area contributed by atoms with Gasteiger partial charge in [-0.25, -0.2) is 9.67 Å². The molecule has 0 aliphatic rings. The average molecular weight is 321 g/mol. The van der Waals surface area contributed by atoms with Crippen molar-refractivity contribution in [3.63, 3.8) is 0 Å². The van der Waals surface area contributed by atoms with Crippen LogP contribution in [-0.2, 0) is 13.0 Å². The van der Waals surface area contributed by atoms with Gasteiger partial charge < -0.3 is 5.11 Å². The Morgan fingerprint density at radius 1 is 1.24 bits per heavy atom. The number of thiazole rings is 1. The summed E-state index contributed by atoms with van der Waals surface area (Å²) in [6.07, 6.45) is 2.34. The second kappa shape index (κ2) is 6.34. The Balaban J connectivity index is 1.77. The smallest absolute Gasteiger partial charge is 0.125 e. The number of hydrogen-bond donors (Lipinski definition) is 1. The van der Waals surface area contributed by atoms with Crippen LogP contribution in [0.1, 0.15) is 11.4 Å². The largest absolute Gasteiger partial charge is 0.396 e. The van der Waals surface area contributed by atoms with Crippen molar-refractivity contribution in [3.8, 4) is 10.6 Å². The summed E-state index contributed by atoms with van der Waals surface area (Å²) in [5.41, 5.74) is 2.63. The Morgan fingerprint density at radius 2 is 2.10 bits per heavy atom. The molecule has 0 saturated heterocycles. The van der Waals surface area contributed by atoms with Gasteiger partial charge in [0.1, 0.15) is 5.01 Å². The van der Waals surface area contributed by atoms with Crippen molar-refractivity contribution < 1.29 is 5.11 Å². The van der Waals surface area contributed by atoms with Gasteiger partial charge in [-0.3, -0.25) is 0 Å². The van der Waals surface area contributed by atoms with E-state index >= 15 is 0 Å². The summed E-state index contributed by atoms with van der Waals surface area (Å²) >= 11 is 7.74. The molecule has 21 heavy (non-hydrogen) atoms. The molecule has 0 atom stereocenters. The quantitative estimate of drug-likeness (QED) is 0.785. The van der Waals surface area contributed by atoms with E-state index in [-0.39, 0.29) is 6.61 Å². The fourth-order valence-corrected chi connectivity index (χ4v) is 3.08. The summed E-state index contributed by atoms with van der Waals surface area (Å²) in [4.78, 5) is 4.59. The van der Waals surface area contributed by atoms with Crippen LogP contribution in [0, 0.1) is 0 Å². The molecule has 3 aromatic rings. The van der Waals surface area contributed by atoms with Crippen molar-refractivity contribution in [1.29, 1.82) is 0 Å². The molecule has 1 N–H and O–H groups in total. The Morgan fingerprint density at radius 3 is 2.90 bits per heavy atom. The normalized spacial score (nSPS) is 11.0. The van der Waals surface area contributed by atoms with E-state index in [1.54, 1.807) is 16.0 Å². The fraction of sp³-hybridized carbons (Fsp3) is 0.214. The second-order valence-corrected chi connectivity index (χ2v) is 5.77. The van der Waals surface area contributed by atoms with Gasteiger partial charge in [0.05, 0.1) is 23.0 Å². The molecule has 0 radical (unpaired) electrons. The maximum atomic E-state index is 8.87. The fourth-order valence-electron chi connectivity index (χ4n) is 1.95. The van der Waals surface area contributed by atoms with Gasteiger partial charge in [0.2, 0.25) is 0 Å². The van der Waals surface area contributed by atoms with Crippen LogP contribution in [0.4, 0.5) is 0 Å². The summed E-state index contributed by atoms with van der Waals surface area (Å²) in [7, 11) is 0. The number of hydrogen-bond acceptors (Lipinski definition) is 5. The van der Waals surface area contributed by atoms with Crippen LogP contribution in [0.25, 0.3) is 10.6 Å². The van der Waals surface area contributed by atoms with Crippen LogP contribution >= 0.6 is 22.9 Å². The number of rotatable bonds is 5. The van der Waals surface area contributed by atoms with Crippen LogP contribution in [-0.4, -0.2) is 31.7 Å². The van der Waals surface area contributed by atoms with E-state index in [4.69, 9.17) is 16.7 Å². The first kappa shape index (κ1) is 14.2. The molecule has 2 heterocycles. The lowest BCUT2D eigenvalue weighted by molar-refractivity contribution is 0.298. The van der Waals surface area contributed by atoms with Gasteiger partial charge >= 0.3 is 0 Å². The van der Waals surface area contributed by atoms with Crippen LogP contribution in [0.15, 0.2) is 35.8 Å². The standard InChI is InChI=1S/C14H13ClN4OS/c15-13-4-2-1-3-12(13)14-16-11(9-21-14)8-19-7-10(5-6-20)17-18-19/h1-4,7,9,20H,5-6,8H2. The van der Waals surface area contributed by atoms with E-state index in [1.807, 2.05) is 35.8 Å². The minimum absolute atomic E-state index is 0.0754.